The smallest absolute Gasteiger partial charge is 0.281 e. The van der Waals surface area contributed by atoms with Gasteiger partial charge in [-0.25, -0.2) is 4.98 Å². The molecule has 0 radical (unpaired) electrons. The molecular formula is C24H26N4O3S. The summed E-state index contributed by atoms with van der Waals surface area (Å²) in [5.74, 6) is -1.36. The predicted molar refractivity (Wildman–Crippen MR) is 125 cm³/mol. The molecule has 1 heterocycles. The van der Waals surface area contributed by atoms with Crippen LogP contribution in [0.1, 0.15) is 52.1 Å². The van der Waals surface area contributed by atoms with Gasteiger partial charge in [-0.3, -0.25) is 25.2 Å². The second-order valence-electron chi connectivity index (χ2n) is 8.31. The van der Waals surface area contributed by atoms with E-state index in [0.29, 0.717) is 16.1 Å². The zero-order valence-corrected chi connectivity index (χ0v) is 19.3. The van der Waals surface area contributed by atoms with E-state index in [9.17, 15) is 14.4 Å². The minimum absolute atomic E-state index is 0.00853. The average Bonchev–Trinajstić information content (AvgIpc) is 3.17. The minimum Gasteiger partial charge on any atom is -0.343 e. The first-order valence-electron chi connectivity index (χ1n) is 10.2. The van der Waals surface area contributed by atoms with E-state index in [1.807, 2.05) is 42.5 Å². The molecule has 0 fully saturated rings. The number of nitrogens with one attached hydrogen (secondary N) is 3. The van der Waals surface area contributed by atoms with Crippen molar-refractivity contribution in [2.45, 2.75) is 33.1 Å². The van der Waals surface area contributed by atoms with Gasteiger partial charge in [0.15, 0.2) is 0 Å². The molecule has 0 bridgehead atoms. The van der Waals surface area contributed by atoms with Crippen LogP contribution < -0.4 is 16.2 Å². The molecule has 166 valence electrons. The number of rotatable bonds is 5. The van der Waals surface area contributed by atoms with Crippen molar-refractivity contribution >= 4 is 29.1 Å². The van der Waals surface area contributed by atoms with Gasteiger partial charge in [0.25, 0.3) is 17.7 Å². The molecule has 0 aliphatic heterocycles. The van der Waals surface area contributed by atoms with Crippen LogP contribution in [0.5, 0.6) is 0 Å². The van der Waals surface area contributed by atoms with Crippen LogP contribution in [0.3, 0.4) is 0 Å². The van der Waals surface area contributed by atoms with E-state index in [-0.39, 0.29) is 17.9 Å². The number of carbonyl (C=O) groups excluding carboxylic acids is 3. The number of nitrogens with zero attached hydrogens (tertiary/aromatic N) is 1. The molecular weight excluding hydrogens is 424 g/mol. The molecule has 2 aromatic carbocycles. The molecule has 32 heavy (non-hydrogen) atoms. The van der Waals surface area contributed by atoms with E-state index in [1.165, 1.54) is 11.3 Å². The molecule has 3 aromatic rings. The summed E-state index contributed by atoms with van der Waals surface area (Å²) in [6.45, 7) is 7.76. The van der Waals surface area contributed by atoms with Crippen molar-refractivity contribution in [1.29, 1.82) is 0 Å². The lowest BCUT2D eigenvalue weighted by atomic mass is 9.87. The topological polar surface area (TPSA) is 100 Å². The monoisotopic (exact) mass is 450 g/mol. The van der Waals surface area contributed by atoms with Gasteiger partial charge in [0.1, 0.15) is 9.88 Å². The number of thiazole rings is 1. The molecule has 8 heteroatoms. The third-order valence-electron chi connectivity index (χ3n) is 4.76. The van der Waals surface area contributed by atoms with Gasteiger partial charge in [-0.1, -0.05) is 63.2 Å². The molecule has 0 saturated heterocycles. The SMILES string of the molecule is Cc1nc(-c2ccccc2)sc1C(=O)NNC(=O)CNC(=O)c1ccc(C(C)(C)C)cc1. The number of hydrazine groups is 1. The van der Waals surface area contributed by atoms with Crippen LogP contribution in [-0.2, 0) is 10.2 Å². The highest BCUT2D eigenvalue weighted by atomic mass is 32.1. The molecule has 0 saturated carbocycles. The van der Waals surface area contributed by atoms with Gasteiger partial charge >= 0.3 is 0 Å². The van der Waals surface area contributed by atoms with Crippen molar-refractivity contribution in [3.8, 4) is 10.6 Å². The quantitative estimate of drug-likeness (QED) is 0.517. The number of benzene rings is 2. The lowest BCUT2D eigenvalue weighted by molar-refractivity contribution is -0.120. The summed E-state index contributed by atoms with van der Waals surface area (Å²) in [4.78, 5) is 41.6. The van der Waals surface area contributed by atoms with E-state index < -0.39 is 11.8 Å². The van der Waals surface area contributed by atoms with Crippen LogP contribution in [0.25, 0.3) is 10.6 Å². The highest BCUT2D eigenvalue weighted by molar-refractivity contribution is 7.17. The maximum atomic E-state index is 12.4. The molecule has 0 unspecified atom stereocenters. The fourth-order valence-electron chi connectivity index (χ4n) is 2.92. The van der Waals surface area contributed by atoms with Crippen molar-refractivity contribution in [3.63, 3.8) is 0 Å². The summed E-state index contributed by atoms with van der Waals surface area (Å²) in [6.07, 6.45) is 0. The second kappa shape index (κ2) is 9.74. The lowest BCUT2D eigenvalue weighted by Gasteiger charge is -2.19. The number of hydrogen-bond acceptors (Lipinski definition) is 5. The molecule has 0 aliphatic rings. The fourth-order valence-corrected chi connectivity index (χ4v) is 3.89. The Bertz CT molecular complexity index is 1120. The summed E-state index contributed by atoms with van der Waals surface area (Å²) in [5, 5.41) is 3.27. The van der Waals surface area contributed by atoms with E-state index in [0.717, 1.165) is 16.1 Å². The molecule has 0 spiro atoms. The number of aryl methyl sites for hydroxylation is 1. The highest BCUT2D eigenvalue weighted by Gasteiger charge is 2.17. The Morgan fingerprint density at radius 1 is 0.906 bits per heavy atom. The van der Waals surface area contributed by atoms with Gasteiger partial charge in [-0.2, -0.15) is 0 Å². The first kappa shape index (κ1) is 23.1. The number of aromatic nitrogens is 1. The van der Waals surface area contributed by atoms with Crippen LogP contribution in [-0.4, -0.2) is 29.3 Å². The zero-order valence-electron chi connectivity index (χ0n) is 18.5. The first-order valence-corrected chi connectivity index (χ1v) is 11.0. The summed E-state index contributed by atoms with van der Waals surface area (Å²) in [7, 11) is 0. The molecule has 1 aromatic heterocycles. The van der Waals surface area contributed by atoms with Gasteiger partial charge in [0.2, 0.25) is 0 Å². The van der Waals surface area contributed by atoms with Gasteiger partial charge in [-0.05, 0) is 30.0 Å². The van der Waals surface area contributed by atoms with E-state index >= 15 is 0 Å². The summed E-state index contributed by atoms with van der Waals surface area (Å²) in [5.41, 5.74) is 7.75. The third-order valence-corrected chi connectivity index (χ3v) is 5.97. The van der Waals surface area contributed by atoms with E-state index in [4.69, 9.17) is 0 Å². The Balaban J connectivity index is 1.50. The Morgan fingerprint density at radius 3 is 2.19 bits per heavy atom. The third kappa shape index (κ3) is 5.79. The highest BCUT2D eigenvalue weighted by Crippen LogP contribution is 2.27. The van der Waals surface area contributed by atoms with Crippen molar-refractivity contribution in [1.82, 2.24) is 21.2 Å². The van der Waals surface area contributed by atoms with Gasteiger partial charge in [0.05, 0.1) is 12.2 Å². The second-order valence-corrected chi connectivity index (χ2v) is 9.31. The van der Waals surface area contributed by atoms with Crippen LogP contribution in [0.15, 0.2) is 54.6 Å². The average molecular weight is 451 g/mol. The summed E-state index contributed by atoms with van der Waals surface area (Å²) < 4.78 is 0. The van der Waals surface area contributed by atoms with Gasteiger partial charge in [0, 0.05) is 11.1 Å². The maximum absolute atomic E-state index is 12.4. The number of amides is 3. The Hall–Kier alpha value is -3.52. The number of hydrogen-bond donors (Lipinski definition) is 3. The normalized spacial score (nSPS) is 11.0. The predicted octanol–water partition coefficient (Wildman–Crippen LogP) is 3.61. The Labute approximate surface area is 191 Å². The molecule has 0 aliphatic carbocycles. The fraction of sp³-hybridized carbons (Fsp3) is 0.250. The van der Waals surface area contributed by atoms with Crippen LogP contribution in [0.4, 0.5) is 0 Å². The zero-order chi connectivity index (χ0) is 23.3. The van der Waals surface area contributed by atoms with Crippen LogP contribution in [0, 0.1) is 6.92 Å². The van der Waals surface area contributed by atoms with Crippen molar-refractivity contribution in [2.75, 3.05) is 6.54 Å². The largest absolute Gasteiger partial charge is 0.343 e. The standard InChI is InChI=1S/C24H26N4O3S/c1-15-20(32-23(26-15)17-8-6-5-7-9-17)22(31)28-27-19(29)14-25-21(30)16-10-12-18(13-11-16)24(2,3)4/h5-13H,14H2,1-4H3,(H,25,30)(H,27,29)(H,28,31). The summed E-state index contributed by atoms with van der Waals surface area (Å²) in [6, 6.07) is 16.8. The van der Waals surface area contributed by atoms with Crippen molar-refractivity contribution in [3.05, 3.63) is 76.3 Å². The minimum atomic E-state index is -0.538. The molecule has 3 N–H and O–H groups in total. The molecule has 0 atom stereocenters. The Kier molecular flexibility index (Phi) is 7.05. The Morgan fingerprint density at radius 2 is 1.56 bits per heavy atom. The van der Waals surface area contributed by atoms with E-state index in [1.54, 1.807) is 19.1 Å². The van der Waals surface area contributed by atoms with Gasteiger partial charge < -0.3 is 5.32 Å². The molecule has 3 amide bonds. The molecule has 7 nitrogen and oxygen atoms in total. The van der Waals surface area contributed by atoms with Gasteiger partial charge in [-0.15, -0.1) is 11.3 Å². The van der Waals surface area contributed by atoms with Crippen molar-refractivity contribution in [2.24, 2.45) is 0 Å². The molecule has 3 rings (SSSR count). The maximum Gasteiger partial charge on any atom is 0.281 e. The summed E-state index contributed by atoms with van der Waals surface area (Å²) >= 11 is 1.25. The van der Waals surface area contributed by atoms with E-state index in [2.05, 4.69) is 41.9 Å². The lowest BCUT2D eigenvalue weighted by Crippen LogP contribution is -2.46. The van der Waals surface area contributed by atoms with Crippen LogP contribution >= 0.6 is 11.3 Å². The first-order chi connectivity index (χ1) is 15.1. The number of carbonyl (C=O) groups is 3. The van der Waals surface area contributed by atoms with Crippen LogP contribution in [0.2, 0.25) is 0 Å². The van der Waals surface area contributed by atoms with Crippen molar-refractivity contribution < 1.29 is 14.4 Å².